The number of halogens is 2. The van der Waals surface area contributed by atoms with Gasteiger partial charge < -0.3 is 9.12 Å². The summed E-state index contributed by atoms with van der Waals surface area (Å²) in [6, 6.07) is 8.45. The van der Waals surface area contributed by atoms with Gasteiger partial charge >= 0.3 is 0 Å². The van der Waals surface area contributed by atoms with Gasteiger partial charge in [-0.15, -0.1) is 4.72 Å². The first kappa shape index (κ1) is 31.0. The third-order valence-electron chi connectivity index (χ3n) is 6.94. The van der Waals surface area contributed by atoms with Gasteiger partial charge in [0.1, 0.15) is 16.4 Å². The lowest BCUT2D eigenvalue weighted by atomic mass is 9.87. The molecule has 2 aromatic carbocycles. The number of benzene rings is 2. The Bertz CT molecular complexity index is 1570. The van der Waals surface area contributed by atoms with Crippen LogP contribution in [0, 0.1) is 17.6 Å². The van der Waals surface area contributed by atoms with Gasteiger partial charge in [-0.3, -0.25) is 9.59 Å². The van der Waals surface area contributed by atoms with E-state index in [1.54, 1.807) is 13.2 Å². The van der Waals surface area contributed by atoms with Gasteiger partial charge in [-0.25, -0.2) is 21.9 Å². The molecule has 0 bridgehead atoms. The Labute approximate surface area is 242 Å². The van der Waals surface area contributed by atoms with Crippen LogP contribution in [-0.4, -0.2) is 34.6 Å². The summed E-state index contributed by atoms with van der Waals surface area (Å²) >= 11 is -1.48. The zero-order valence-corrected chi connectivity index (χ0v) is 24.9. The molecule has 41 heavy (non-hydrogen) atoms. The summed E-state index contributed by atoms with van der Waals surface area (Å²) in [5, 5.41) is 0. The van der Waals surface area contributed by atoms with E-state index in [9.17, 15) is 27.0 Å². The van der Waals surface area contributed by atoms with Crippen LogP contribution in [0.5, 0.6) is 0 Å². The van der Waals surface area contributed by atoms with Crippen molar-refractivity contribution in [3.63, 3.8) is 0 Å². The standard InChI is InChI=1S/C29H33F2N3O5S2/c1-29(2,3)40(37)33-27(17-5-6-17)22-15-26(35)34(4)16-24(22)21-13-19(11-12-32-41(38)39)25(31)14-23(21)28(36)18-7-9-20(30)10-8-18/h7-10,13-17,27,33,41H,5-6,11-12H2,1-4H3,(H,32,38,39)/t27?,40-/m0/s1. The van der Waals surface area contributed by atoms with Crippen LogP contribution in [0.1, 0.15) is 66.7 Å². The fraction of sp³-hybridized carbons (Fsp3) is 0.379. The quantitative estimate of drug-likeness (QED) is 0.174. The molecule has 2 atom stereocenters. The number of nitrogens with one attached hydrogen (secondary N) is 2. The largest absolute Gasteiger partial charge is 0.598 e. The number of thiol groups is 1. The highest BCUT2D eigenvalue weighted by atomic mass is 32.2. The van der Waals surface area contributed by atoms with Crippen molar-refractivity contribution in [1.82, 2.24) is 14.0 Å². The Morgan fingerprint density at radius 3 is 2.37 bits per heavy atom. The molecule has 4 rings (SSSR count). The van der Waals surface area contributed by atoms with Crippen molar-refractivity contribution >= 4 is 28.0 Å². The molecule has 1 aromatic heterocycles. The van der Waals surface area contributed by atoms with Crippen LogP contribution in [0.3, 0.4) is 0 Å². The molecule has 3 aromatic rings. The Kier molecular flexibility index (Phi) is 9.49. The molecule has 8 nitrogen and oxygen atoms in total. The van der Waals surface area contributed by atoms with Crippen LogP contribution < -0.4 is 15.0 Å². The fourth-order valence-corrected chi connectivity index (χ4v) is 5.72. The second kappa shape index (κ2) is 12.5. The van der Waals surface area contributed by atoms with Crippen LogP contribution in [0.2, 0.25) is 0 Å². The molecular weight excluding hydrogens is 572 g/mol. The highest BCUT2D eigenvalue weighted by Gasteiger charge is 2.40. The van der Waals surface area contributed by atoms with Crippen LogP contribution in [0.4, 0.5) is 8.78 Å². The number of pyridine rings is 1. The van der Waals surface area contributed by atoms with E-state index in [0.29, 0.717) is 16.7 Å². The first-order valence-corrected chi connectivity index (χ1v) is 15.5. The summed E-state index contributed by atoms with van der Waals surface area (Å²) in [5.41, 5.74) is 1.30. The molecule has 1 aliphatic carbocycles. The van der Waals surface area contributed by atoms with Crippen molar-refractivity contribution in [1.29, 1.82) is 0 Å². The lowest BCUT2D eigenvalue weighted by Crippen LogP contribution is -2.42. The molecule has 0 amide bonds. The Hall–Kier alpha value is -2.90. The van der Waals surface area contributed by atoms with Gasteiger partial charge in [0.15, 0.2) is 5.78 Å². The van der Waals surface area contributed by atoms with E-state index in [-0.39, 0.29) is 41.1 Å². The summed E-state index contributed by atoms with van der Waals surface area (Å²) < 4.78 is 70.3. The summed E-state index contributed by atoms with van der Waals surface area (Å²) in [4.78, 5) is 26.6. The molecule has 0 aliphatic heterocycles. The van der Waals surface area contributed by atoms with E-state index in [1.807, 2.05) is 20.8 Å². The van der Waals surface area contributed by atoms with Crippen molar-refractivity contribution in [2.75, 3.05) is 6.54 Å². The molecule has 12 heteroatoms. The van der Waals surface area contributed by atoms with E-state index in [1.165, 1.54) is 28.8 Å². The van der Waals surface area contributed by atoms with Crippen LogP contribution in [0.25, 0.3) is 11.1 Å². The van der Waals surface area contributed by atoms with Crippen molar-refractivity contribution in [2.24, 2.45) is 13.0 Å². The molecule has 0 radical (unpaired) electrons. The minimum Gasteiger partial charge on any atom is -0.598 e. The molecule has 1 saturated carbocycles. The number of ketones is 1. The van der Waals surface area contributed by atoms with Crippen LogP contribution in [0.15, 0.2) is 53.5 Å². The van der Waals surface area contributed by atoms with Gasteiger partial charge in [0.25, 0.3) is 5.56 Å². The van der Waals surface area contributed by atoms with Gasteiger partial charge in [0, 0.05) is 53.9 Å². The lowest BCUT2D eigenvalue weighted by Gasteiger charge is -2.29. The molecule has 1 fully saturated rings. The number of hydrogen-bond donors (Lipinski definition) is 3. The smallest absolute Gasteiger partial charge is 0.250 e. The van der Waals surface area contributed by atoms with Crippen molar-refractivity contribution < 1.29 is 26.5 Å². The molecule has 0 spiro atoms. The first-order valence-electron chi connectivity index (χ1n) is 13.2. The number of rotatable bonds is 11. The molecule has 0 saturated heterocycles. The average molecular weight is 606 g/mol. The predicted octanol–water partition coefficient (Wildman–Crippen LogP) is 3.72. The van der Waals surface area contributed by atoms with Crippen molar-refractivity contribution in [3.8, 4) is 11.1 Å². The summed E-state index contributed by atoms with van der Waals surface area (Å²) in [5.74, 6) is -1.70. The van der Waals surface area contributed by atoms with E-state index in [2.05, 4.69) is 9.44 Å². The number of carbonyl (C=O) groups excluding carboxylic acids is 1. The predicted molar refractivity (Wildman–Crippen MR) is 155 cm³/mol. The zero-order chi connectivity index (χ0) is 30.1. The van der Waals surface area contributed by atoms with Crippen LogP contribution >= 0.6 is 0 Å². The second-order valence-corrected chi connectivity index (χ2v) is 14.0. The summed E-state index contributed by atoms with van der Waals surface area (Å²) in [6.07, 6.45) is 3.28. The Morgan fingerprint density at radius 1 is 1.12 bits per heavy atom. The molecule has 1 unspecified atom stereocenters. The molecular formula is C29H33F2N3O5S2. The minimum atomic E-state index is -2.88. The maximum absolute atomic E-state index is 15.4. The first-order chi connectivity index (χ1) is 19.3. The number of aryl methyl sites for hydroxylation is 1. The van der Waals surface area contributed by atoms with Crippen molar-refractivity contribution in [3.05, 3.63) is 92.9 Å². The second-order valence-electron chi connectivity index (χ2n) is 11.1. The van der Waals surface area contributed by atoms with Crippen LogP contribution in [-0.2, 0) is 35.7 Å². The summed E-state index contributed by atoms with van der Waals surface area (Å²) in [7, 11) is -1.32. The lowest BCUT2D eigenvalue weighted by molar-refractivity contribution is 0.103. The van der Waals surface area contributed by atoms with Crippen molar-refractivity contribution in [2.45, 2.75) is 50.8 Å². The number of nitrogens with zero attached hydrogens (tertiary/aromatic N) is 1. The highest BCUT2D eigenvalue weighted by Crippen LogP contribution is 2.45. The SMILES string of the molecule is Cn1cc(-c2cc(CCN[SH](=O)=O)c(F)cc2C(=O)c2ccc(F)cc2)c(C(N[S@@+]([O-])C(C)(C)C)C2CC2)cc1=O. The maximum atomic E-state index is 15.4. The Balaban J connectivity index is 1.93. The fourth-order valence-electron chi connectivity index (χ4n) is 4.52. The topological polar surface area (TPSA) is 120 Å². The number of carbonyl (C=O) groups is 1. The molecule has 2 N–H and O–H groups in total. The molecule has 1 heterocycles. The molecule has 220 valence electrons. The average Bonchev–Trinajstić information content (AvgIpc) is 3.74. The Morgan fingerprint density at radius 2 is 1.78 bits per heavy atom. The van der Waals surface area contributed by atoms with Gasteiger partial charge in [0.2, 0.25) is 10.9 Å². The normalized spacial score (nSPS) is 15.2. The van der Waals surface area contributed by atoms with Gasteiger partial charge in [-0.2, -0.15) is 0 Å². The van der Waals surface area contributed by atoms with Gasteiger partial charge in [-0.05, 0) is 99.0 Å². The zero-order valence-electron chi connectivity index (χ0n) is 23.2. The van der Waals surface area contributed by atoms with E-state index in [4.69, 9.17) is 0 Å². The minimum absolute atomic E-state index is 0.00655. The molecule has 1 aliphatic rings. The van der Waals surface area contributed by atoms with E-state index in [0.717, 1.165) is 31.0 Å². The van der Waals surface area contributed by atoms with Gasteiger partial charge in [-0.1, -0.05) is 0 Å². The highest BCUT2D eigenvalue weighted by molar-refractivity contribution is 7.90. The summed E-state index contributed by atoms with van der Waals surface area (Å²) in [6.45, 7) is 5.44. The van der Waals surface area contributed by atoms with E-state index >= 15 is 4.39 Å². The maximum Gasteiger partial charge on any atom is 0.250 e. The van der Waals surface area contributed by atoms with E-state index < -0.39 is 50.5 Å². The number of aromatic nitrogens is 1. The van der Waals surface area contributed by atoms with Gasteiger partial charge in [0.05, 0.1) is 6.04 Å². The third kappa shape index (κ3) is 7.49. The number of hydrogen-bond acceptors (Lipinski definition) is 6. The monoisotopic (exact) mass is 605 g/mol. The third-order valence-corrected chi connectivity index (χ3v) is 9.00.